The molecule has 0 bridgehead atoms. The molecule has 0 radical (unpaired) electrons. The van der Waals surface area contributed by atoms with Crippen molar-refractivity contribution in [3.8, 4) is 5.75 Å². The van der Waals surface area contributed by atoms with Crippen molar-refractivity contribution in [2.45, 2.75) is 32.2 Å². The van der Waals surface area contributed by atoms with E-state index >= 15 is 0 Å². The van der Waals surface area contributed by atoms with E-state index in [9.17, 15) is 14.4 Å². The second kappa shape index (κ2) is 6.88. The largest absolute Gasteiger partial charge is 0.493 e. The van der Waals surface area contributed by atoms with Gasteiger partial charge in [-0.2, -0.15) is 0 Å². The fraction of sp³-hybridized carbons (Fsp3) is 0.400. The Morgan fingerprint density at radius 1 is 1.33 bits per heavy atom. The number of carbonyl (C=O) groups excluding carboxylic acids is 3. The molecule has 1 aromatic rings. The molecule has 6 nitrogen and oxygen atoms in total. The number of amides is 3. The quantitative estimate of drug-likeness (QED) is 0.781. The molecular formula is C15H18N2O4. The van der Waals surface area contributed by atoms with Crippen molar-refractivity contribution in [2.24, 2.45) is 0 Å². The molecule has 0 aromatic heterocycles. The molecule has 0 aliphatic carbocycles. The lowest BCUT2D eigenvalue weighted by Gasteiger charge is -2.21. The van der Waals surface area contributed by atoms with E-state index in [4.69, 9.17) is 4.74 Å². The van der Waals surface area contributed by atoms with Crippen molar-refractivity contribution in [1.29, 1.82) is 0 Å². The van der Waals surface area contributed by atoms with E-state index in [0.29, 0.717) is 12.2 Å². The van der Waals surface area contributed by atoms with Crippen LogP contribution in [0, 0.1) is 6.92 Å². The highest BCUT2D eigenvalue weighted by Gasteiger charge is 2.27. The molecule has 1 heterocycles. The molecule has 0 spiro atoms. The van der Waals surface area contributed by atoms with Crippen molar-refractivity contribution >= 4 is 17.7 Å². The first-order valence-corrected chi connectivity index (χ1v) is 6.87. The van der Waals surface area contributed by atoms with Gasteiger partial charge in [-0.25, -0.2) is 0 Å². The van der Waals surface area contributed by atoms with E-state index in [2.05, 4.69) is 10.6 Å². The minimum atomic E-state index is -0.630. The normalized spacial score (nSPS) is 18.0. The summed E-state index contributed by atoms with van der Waals surface area (Å²) in [6, 6.07) is 6.91. The Morgan fingerprint density at radius 2 is 2.05 bits per heavy atom. The number of piperidine rings is 1. The fourth-order valence-electron chi connectivity index (χ4n) is 1.99. The Morgan fingerprint density at radius 3 is 2.71 bits per heavy atom. The molecule has 3 amide bonds. The Hall–Kier alpha value is -2.37. The lowest BCUT2D eigenvalue weighted by atomic mass is 10.1. The van der Waals surface area contributed by atoms with Crippen LogP contribution in [0.4, 0.5) is 0 Å². The van der Waals surface area contributed by atoms with E-state index < -0.39 is 11.9 Å². The lowest BCUT2D eigenvalue weighted by molar-refractivity contribution is -0.137. The molecule has 1 aliphatic heterocycles. The van der Waals surface area contributed by atoms with Gasteiger partial charge in [-0.15, -0.1) is 0 Å². The molecular weight excluding hydrogens is 272 g/mol. The zero-order valence-electron chi connectivity index (χ0n) is 11.8. The van der Waals surface area contributed by atoms with Gasteiger partial charge in [0.2, 0.25) is 17.7 Å². The molecule has 6 heteroatoms. The maximum absolute atomic E-state index is 11.7. The van der Waals surface area contributed by atoms with E-state index in [1.807, 2.05) is 31.2 Å². The van der Waals surface area contributed by atoms with Crippen molar-refractivity contribution in [1.82, 2.24) is 10.6 Å². The van der Waals surface area contributed by atoms with Gasteiger partial charge in [0.05, 0.1) is 13.0 Å². The van der Waals surface area contributed by atoms with Gasteiger partial charge in [-0.05, 0) is 25.5 Å². The van der Waals surface area contributed by atoms with Gasteiger partial charge < -0.3 is 10.1 Å². The topological polar surface area (TPSA) is 84.5 Å². The number of benzene rings is 1. The summed E-state index contributed by atoms with van der Waals surface area (Å²) in [5.74, 6) is -0.307. The van der Waals surface area contributed by atoms with Crippen LogP contribution in [0.15, 0.2) is 24.3 Å². The Bertz CT molecular complexity index is 539. The zero-order valence-corrected chi connectivity index (χ0v) is 11.8. The zero-order chi connectivity index (χ0) is 15.2. The minimum Gasteiger partial charge on any atom is -0.493 e. The highest BCUT2D eigenvalue weighted by molar-refractivity contribution is 6.01. The SMILES string of the molecule is Cc1ccc(OCCC(=O)NC2CCC(=O)NC2=O)cc1. The maximum Gasteiger partial charge on any atom is 0.249 e. The molecule has 112 valence electrons. The van der Waals surface area contributed by atoms with Gasteiger partial charge in [0.1, 0.15) is 11.8 Å². The molecule has 1 aliphatic rings. The molecule has 1 aromatic carbocycles. The summed E-state index contributed by atoms with van der Waals surface area (Å²) in [5, 5.41) is 4.80. The third-order valence-corrected chi connectivity index (χ3v) is 3.19. The van der Waals surface area contributed by atoms with Gasteiger partial charge in [0.15, 0.2) is 0 Å². The molecule has 0 saturated carbocycles. The summed E-state index contributed by atoms with van der Waals surface area (Å²) in [7, 11) is 0. The molecule has 21 heavy (non-hydrogen) atoms. The molecule has 2 N–H and O–H groups in total. The first-order valence-electron chi connectivity index (χ1n) is 6.87. The van der Waals surface area contributed by atoms with Crippen LogP contribution in [0.5, 0.6) is 5.75 Å². The Kier molecular flexibility index (Phi) is 4.92. The van der Waals surface area contributed by atoms with Gasteiger partial charge in [-0.1, -0.05) is 17.7 Å². The van der Waals surface area contributed by atoms with Crippen LogP contribution in [0.3, 0.4) is 0 Å². The number of rotatable bonds is 5. The van der Waals surface area contributed by atoms with Crippen LogP contribution < -0.4 is 15.4 Å². The molecule has 1 saturated heterocycles. The van der Waals surface area contributed by atoms with Gasteiger partial charge in [-0.3, -0.25) is 19.7 Å². The number of hydrogen-bond donors (Lipinski definition) is 2. The number of hydrogen-bond acceptors (Lipinski definition) is 4. The van der Waals surface area contributed by atoms with Gasteiger partial charge >= 0.3 is 0 Å². The third kappa shape index (κ3) is 4.59. The average Bonchev–Trinajstić information content (AvgIpc) is 2.44. The standard InChI is InChI=1S/C15H18N2O4/c1-10-2-4-11(5-3-10)21-9-8-14(19)16-12-6-7-13(18)17-15(12)20/h2-5,12H,6-9H2,1H3,(H,16,19)(H,17,18,20). The van der Waals surface area contributed by atoms with Crippen LogP contribution >= 0.6 is 0 Å². The molecule has 1 fully saturated rings. The Balaban J connectivity index is 1.71. The van der Waals surface area contributed by atoms with Crippen LogP contribution in [-0.2, 0) is 14.4 Å². The number of ether oxygens (including phenoxy) is 1. The van der Waals surface area contributed by atoms with Crippen molar-refractivity contribution in [3.63, 3.8) is 0 Å². The molecule has 1 unspecified atom stereocenters. The van der Waals surface area contributed by atoms with Gasteiger partial charge in [0, 0.05) is 6.42 Å². The highest BCUT2D eigenvalue weighted by Crippen LogP contribution is 2.11. The predicted octanol–water partition coefficient (Wildman–Crippen LogP) is 0.685. The first-order chi connectivity index (χ1) is 10.0. The maximum atomic E-state index is 11.7. The van der Waals surface area contributed by atoms with E-state index in [-0.39, 0.29) is 31.3 Å². The minimum absolute atomic E-state index is 0.158. The third-order valence-electron chi connectivity index (χ3n) is 3.19. The summed E-state index contributed by atoms with van der Waals surface area (Å²) in [6.45, 7) is 2.22. The second-order valence-electron chi connectivity index (χ2n) is 4.98. The summed E-state index contributed by atoms with van der Waals surface area (Å²) < 4.78 is 5.45. The monoisotopic (exact) mass is 290 g/mol. The summed E-state index contributed by atoms with van der Waals surface area (Å²) in [6.07, 6.45) is 0.747. The molecule has 1 atom stereocenters. The average molecular weight is 290 g/mol. The van der Waals surface area contributed by atoms with Crippen LogP contribution in [0.25, 0.3) is 0 Å². The van der Waals surface area contributed by atoms with Crippen LogP contribution in [-0.4, -0.2) is 30.4 Å². The first kappa shape index (κ1) is 15.0. The van der Waals surface area contributed by atoms with E-state index in [0.717, 1.165) is 5.56 Å². The van der Waals surface area contributed by atoms with E-state index in [1.54, 1.807) is 0 Å². The van der Waals surface area contributed by atoms with Crippen molar-refractivity contribution < 1.29 is 19.1 Å². The second-order valence-corrected chi connectivity index (χ2v) is 4.98. The number of imide groups is 1. The van der Waals surface area contributed by atoms with Crippen molar-refractivity contribution in [3.05, 3.63) is 29.8 Å². The predicted molar refractivity (Wildman–Crippen MR) is 75.6 cm³/mol. The van der Waals surface area contributed by atoms with Crippen LogP contribution in [0.2, 0.25) is 0 Å². The van der Waals surface area contributed by atoms with Crippen molar-refractivity contribution in [2.75, 3.05) is 6.61 Å². The number of aryl methyl sites for hydroxylation is 1. The van der Waals surface area contributed by atoms with E-state index in [1.165, 1.54) is 0 Å². The summed E-state index contributed by atoms with van der Waals surface area (Å²) in [4.78, 5) is 34.2. The lowest BCUT2D eigenvalue weighted by Crippen LogP contribution is -2.52. The van der Waals surface area contributed by atoms with Gasteiger partial charge in [0.25, 0.3) is 0 Å². The number of carbonyl (C=O) groups is 3. The molecule has 2 rings (SSSR count). The summed E-state index contributed by atoms with van der Waals surface area (Å²) >= 11 is 0. The smallest absolute Gasteiger partial charge is 0.249 e. The summed E-state index contributed by atoms with van der Waals surface area (Å²) in [5.41, 5.74) is 1.14. The Labute approximate surface area is 122 Å². The highest BCUT2D eigenvalue weighted by atomic mass is 16.5. The van der Waals surface area contributed by atoms with Crippen LogP contribution in [0.1, 0.15) is 24.8 Å². The number of nitrogens with one attached hydrogen (secondary N) is 2. The fourth-order valence-corrected chi connectivity index (χ4v) is 1.99.